The number of ether oxygens (including phenoxy) is 1. The number of hydrogen-bond acceptors (Lipinski definition) is 6. The van der Waals surface area contributed by atoms with Gasteiger partial charge < -0.3 is 19.8 Å². The molecular formula is C24H19ClN4O4. The van der Waals surface area contributed by atoms with E-state index in [1.54, 1.807) is 72.8 Å². The quantitative estimate of drug-likeness (QED) is 0.403. The molecule has 0 aliphatic rings. The van der Waals surface area contributed by atoms with Crippen LogP contribution in [0.15, 0.2) is 83.3 Å². The van der Waals surface area contributed by atoms with Crippen LogP contribution in [0.1, 0.15) is 16.2 Å². The Bertz CT molecular complexity index is 1240. The van der Waals surface area contributed by atoms with Gasteiger partial charge in [0.25, 0.3) is 11.8 Å². The Hall–Kier alpha value is -4.17. The van der Waals surface area contributed by atoms with Crippen LogP contribution >= 0.6 is 11.6 Å². The summed E-state index contributed by atoms with van der Waals surface area (Å²) in [5, 5.41) is 13.9. The van der Waals surface area contributed by atoms with E-state index in [4.69, 9.17) is 20.8 Å². The predicted octanol–water partition coefficient (Wildman–Crippen LogP) is 4.34. The maximum absolute atomic E-state index is 12.2. The highest BCUT2D eigenvalue weighted by Gasteiger charge is 2.11. The van der Waals surface area contributed by atoms with Gasteiger partial charge >= 0.3 is 0 Å². The maximum atomic E-state index is 12.2. The van der Waals surface area contributed by atoms with E-state index in [1.165, 1.54) is 0 Å². The molecule has 0 saturated heterocycles. The third kappa shape index (κ3) is 6.18. The van der Waals surface area contributed by atoms with E-state index in [-0.39, 0.29) is 25.0 Å². The fourth-order valence-electron chi connectivity index (χ4n) is 2.89. The van der Waals surface area contributed by atoms with Crippen LogP contribution in [0, 0.1) is 0 Å². The summed E-state index contributed by atoms with van der Waals surface area (Å²) in [5.74, 6) is 0.496. The minimum Gasteiger partial charge on any atom is -0.484 e. The number of carbonyl (C=O) groups excluding carboxylic acids is 2. The molecule has 0 fully saturated rings. The van der Waals surface area contributed by atoms with Crippen molar-refractivity contribution in [3.05, 3.63) is 95.3 Å². The molecule has 1 heterocycles. The lowest BCUT2D eigenvalue weighted by Crippen LogP contribution is -2.32. The zero-order valence-corrected chi connectivity index (χ0v) is 18.1. The Kier molecular flexibility index (Phi) is 6.96. The van der Waals surface area contributed by atoms with E-state index >= 15 is 0 Å². The molecule has 0 bridgehead atoms. The summed E-state index contributed by atoms with van der Waals surface area (Å²) in [5.41, 5.74) is 1.77. The van der Waals surface area contributed by atoms with Crippen LogP contribution in [0.25, 0.3) is 11.5 Å². The van der Waals surface area contributed by atoms with Crippen LogP contribution in [0.5, 0.6) is 5.75 Å². The van der Waals surface area contributed by atoms with Crippen molar-refractivity contribution in [1.82, 2.24) is 15.5 Å². The standard InChI is InChI=1S/C24H19ClN4O4/c25-18-11-9-17(10-12-18)24-29-28-22(33-24)15-32-20-8-4-7-19(13-20)27-21(30)14-26-23(31)16-5-2-1-3-6-16/h1-13H,14-15H2,(H,26,31)(H,27,30). The van der Waals surface area contributed by atoms with E-state index < -0.39 is 0 Å². The lowest BCUT2D eigenvalue weighted by Gasteiger charge is -2.09. The first-order valence-corrected chi connectivity index (χ1v) is 10.4. The number of amides is 2. The summed E-state index contributed by atoms with van der Waals surface area (Å²) in [6, 6.07) is 22.6. The SMILES string of the molecule is O=C(CNC(=O)c1ccccc1)Nc1cccc(OCc2nnc(-c3ccc(Cl)cc3)o2)c1. The molecule has 0 radical (unpaired) electrons. The van der Waals surface area contributed by atoms with Crippen LogP contribution in [-0.4, -0.2) is 28.6 Å². The summed E-state index contributed by atoms with van der Waals surface area (Å²) >= 11 is 5.89. The van der Waals surface area contributed by atoms with Gasteiger partial charge in [0.15, 0.2) is 6.61 Å². The monoisotopic (exact) mass is 462 g/mol. The molecule has 8 nitrogen and oxygen atoms in total. The van der Waals surface area contributed by atoms with Gasteiger partial charge in [0.1, 0.15) is 5.75 Å². The average Bonchev–Trinajstić information content (AvgIpc) is 3.31. The van der Waals surface area contributed by atoms with Crippen molar-refractivity contribution in [2.45, 2.75) is 6.61 Å². The van der Waals surface area contributed by atoms with Crippen molar-refractivity contribution in [1.29, 1.82) is 0 Å². The lowest BCUT2D eigenvalue weighted by molar-refractivity contribution is -0.115. The van der Waals surface area contributed by atoms with Crippen molar-refractivity contribution < 1.29 is 18.7 Å². The van der Waals surface area contributed by atoms with Crippen LogP contribution in [0.2, 0.25) is 5.02 Å². The minimum absolute atomic E-state index is 0.0606. The molecule has 3 aromatic carbocycles. The van der Waals surface area contributed by atoms with Gasteiger partial charge in [-0.05, 0) is 48.5 Å². The molecule has 9 heteroatoms. The van der Waals surface area contributed by atoms with Gasteiger partial charge in [-0.15, -0.1) is 10.2 Å². The zero-order chi connectivity index (χ0) is 23.0. The van der Waals surface area contributed by atoms with E-state index in [0.717, 1.165) is 5.56 Å². The fourth-order valence-corrected chi connectivity index (χ4v) is 3.01. The van der Waals surface area contributed by atoms with Gasteiger partial charge in [0.2, 0.25) is 11.8 Å². The molecule has 0 saturated carbocycles. The molecule has 33 heavy (non-hydrogen) atoms. The van der Waals surface area contributed by atoms with E-state index in [1.807, 2.05) is 6.07 Å². The van der Waals surface area contributed by atoms with Gasteiger partial charge in [0.05, 0.1) is 6.54 Å². The molecule has 4 rings (SSSR count). The van der Waals surface area contributed by atoms with Gasteiger partial charge in [-0.2, -0.15) is 0 Å². The van der Waals surface area contributed by atoms with Crippen molar-refractivity contribution in [2.24, 2.45) is 0 Å². The van der Waals surface area contributed by atoms with Crippen LogP contribution in [0.3, 0.4) is 0 Å². The van der Waals surface area contributed by atoms with Crippen LogP contribution in [0.4, 0.5) is 5.69 Å². The molecule has 0 unspecified atom stereocenters. The molecule has 0 aliphatic heterocycles. The Labute approximate surface area is 194 Å². The normalized spacial score (nSPS) is 10.5. The first-order chi connectivity index (χ1) is 16.1. The van der Waals surface area contributed by atoms with Gasteiger partial charge in [-0.3, -0.25) is 9.59 Å². The Morgan fingerprint density at radius 3 is 2.52 bits per heavy atom. The number of aromatic nitrogens is 2. The third-order valence-corrected chi connectivity index (χ3v) is 4.74. The number of rotatable bonds is 8. The molecule has 1 aromatic heterocycles. The second-order valence-electron chi connectivity index (χ2n) is 6.92. The maximum Gasteiger partial charge on any atom is 0.254 e. The molecule has 2 N–H and O–H groups in total. The minimum atomic E-state index is -0.360. The first kappa shape index (κ1) is 22.0. The Morgan fingerprint density at radius 1 is 0.939 bits per heavy atom. The molecule has 166 valence electrons. The van der Waals surface area contributed by atoms with Crippen LogP contribution in [-0.2, 0) is 11.4 Å². The number of carbonyl (C=O) groups is 2. The van der Waals surface area contributed by atoms with E-state index in [2.05, 4.69) is 20.8 Å². The van der Waals surface area contributed by atoms with Crippen molar-refractivity contribution >= 4 is 29.1 Å². The number of anilines is 1. The highest BCUT2D eigenvalue weighted by Crippen LogP contribution is 2.22. The number of halogens is 1. The van der Waals surface area contributed by atoms with E-state index in [0.29, 0.717) is 33.8 Å². The first-order valence-electron chi connectivity index (χ1n) is 10.0. The second-order valence-corrected chi connectivity index (χ2v) is 7.36. The van der Waals surface area contributed by atoms with Crippen LogP contribution < -0.4 is 15.4 Å². The average molecular weight is 463 g/mol. The summed E-state index contributed by atoms with van der Waals surface area (Å²) < 4.78 is 11.3. The summed E-state index contributed by atoms with van der Waals surface area (Å²) in [7, 11) is 0. The number of nitrogens with zero attached hydrogens (tertiary/aromatic N) is 2. The topological polar surface area (TPSA) is 106 Å². The number of benzene rings is 3. The molecule has 0 atom stereocenters. The zero-order valence-electron chi connectivity index (χ0n) is 17.3. The highest BCUT2D eigenvalue weighted by atomic mass is 35.5. The second kappa shape index (κ2) is 10.4. The summed E-state index contributed by atoms with van der Waals surface area (Å²) in [6.07, 6.45) is 0. The number of hydrogen-bond donors (Lipinski definition) is 2. The third-order valence-electron chi connectivity index (χ3n) is 4.48. The molecular weight excluding hydrogens is 444 g/mol. The molecule has 0 spiro atoms. The van der Waals surface area contributed by atoms with E-state index in [9.17, 15) is 9.59 Å². The molecule has 4 aromatic rings. The predicted molar refractivity (Wildman–Crippen MR) is 123 cm³/mol. The molecule has 0 aliphatic carbocycles. The Balaban J connectivity index is 1.28. The smallest absolute Gasteiger partial charge is 0.254 e. The largest absolute Gasteiger partial charge is 0.484 e. The lowest BCUT2D eigenvalue weighted by atomic mass is 10.2. The summed E-state index contributed by atoms with van der Waals surface area (Å²) in [4.78, 5) is 24.2. The van der Waals surface area contributed by atoms with Crippen molar-refractivity contribution in [3.63, 3.8) is 0 Å². The highest BCUT2D eigenvalue weighted by molar-refractivity contribution is 6.30. The van der Waals surface area contributed by atoms with Gasteiger partial charge in [-0.25, -0.2) is 0 Å². The van der Waals surface area contributed by atoms with Gasteiger partial charge in [-0.1, -0.05) is 35.9 Å². The van der Waals surface area contributed by atoms with Crippen molar-refractivity contribution in [2.75, 3.05) is 11.9 Å². The Morgan fingerprint density at radius 2 is 1.73 bits per heavy atom. The molecule has 2 amide bonds. The fraction of sp³-hybridized carbons (Fsp3) is 0.0833. The summed E-state index contributed by atoms with van der Waals surface area (Å²) in [6.45, 7) is -0.0978. The van der Waals surface area contributed by atoms with Gasteiger partial charge in [0, 0.05) is 27.9 Å². The van der Waals surface area contributed by atoms with Crippen molar-refractivity contribution in [3.8, 4) is 17.2 Å². The number of nitrogens with one attached hydrogen (secondary N) is 2.